The molecule has 0 spiro atoms. The molecule has 0 aromatic heterocycles. The maximum atomic E-state index is 10.6. The molecule has 1 aromatic carbocycles. The molecule has 0 N–H and O–H groups in total. The van der Waals surface area contributed by atoms with Crippen LogP contribution in [0.4, 0.5) is 0 Å². The minimum absolute atomic E-state index is 0.771. The molecule has 0 fully saturated rings. The van der Waals surface area contributed by atoms with Crippen LogP contribution in [0.1, 0.15) is 35.3 Å². The molecule has 1 heteroatoms. The van der Waals surface area contributed by atoms with E-state index in [0.29, 0.717) is 0 Å². The van der Waals surface area contributed by atoms with E-state index in [0.717, 1.165) is 17.4 Å². The van der Waals surface area contributed by atoms with Crippen molar-refractivity contribution in [1.82, 2.24) is 0 Å². The van der Waals surface area contributed by atoms with E-state index in [1.807, 2.05) is 32.0 Å². The molecule has 13 heavy (non-hydrogen) atoms. The van der Waals surface area contributed by atoms with Gasteiger partial charge in [0, 0.05) is 5.56 Å². The minimum atomic E-state index is 0.771. The molecule has 0 amide bonds. The van der Waals surface area contributed by atoms with Crippen LogP contribution in [0.25, 0.3) is 5.57 Å². The molecular weight excluding hydrogens is 160 g/mol. The first-order valence-corrected chi connectivity index (χ1v) is 4.38. The second kappa shape index (κ2) is 4.04. The van der Waals surface area contributed by atoms with E-state index in [4.69, 9.17) is 0 Å². The van der Waals surface area contributed by atoms with Gasteiger partial charge in [0.1, 0.15) is 6.29 Å². The quantitative estimate of drug-likeness (QED) is 0.629. The summed E-state index contributed by atoms with van der Waals surface area (Å²) in [4.78, 5) is 10.6. The fourth-order valence-electron chi connectivity index (χ4n) is 1.22. The second-order valence-electron chi connectivity index (χ2n) is 3.16. The number of aldehydes is 1. The average Bonchev–Trinajstić information content (AvgIpc) is 2.16. The van der Waals surface area contributed by atoms with Crippen LogP contribution in [-0.4, -0.2) is 6.29 Å². The highest BCUT2D eigenvalue weighted by atomic mass is 16.1. The van der Waals surface area contributed by atoms with Crippen molar-refractivity contribution in [1.29, 1.82) is 0 Å². The zero-order valence-electron chi connectivity index (χ0n) is 8.29. The Morgan fingerprint density at radius 3 is 2.54 bits per heavy atom. The minimum Gasteiger partial charge on any atom is -0.298 e. The first kappa shape index (κ1) is 9.72. The van der Waals surface area contributed by atoms with Crippen molar-refractivity contribution in [3.8, 4) is 0 Å². The van der Waals surface area contributed by atoms with Crippen molar-refractivity contribution in [2.45, 2.75) is 20.8 Å². The topological polar surface area (TPSA) is 17.1 Å². The third-order valence-corrected chi connectivity index (χ3v) is 2.29. The fraction of sp³-hybridized carbons (Fsp3) is 0.250. The molecule has 0 aliphatic rings. The van der Waals surface area contributed by atoms with Gasteiger partial charge in [0.25, 0.3) is 0 Å². The fourth-order valence-corrected chi connectivity index (χ4v) is 1.22. The van der Waals surface area contributed by atoms with Crippen LogP contribution >= 0.6 is 0 Å². The average molecular weight is 174 g/mol. The predicted octanol–water partition coefficient (Wildman–Crippen LogP) is 3.23. The Balaban J connectivity index is 3.17. The Kier molecular flexibility index (Phi) is 3.02. The Morgan fingerprint density at radius 2 is 2.08 bits per heavy atom. The summed E-state index contributed by atoms with van der Waals surface area (Å²) in [6.45, 7) is 6.03. The first-order chi connectivity index (χ1) is 6.19. The third kappa shape index (κ3) is 2.05. The number of allylic oxidation sites excluding steroid dienone is 2. The van der Waals surface area contributed by atoms with Crippen LogP contribution in [0.5, 0.6) is 0 Å². The molecule has 0 aliphatic carbocycles. The summed E-state index contributed by atoms with van der Waals surface area (Å²) >= 11 is 0. The molecule has 0 atom stereocenters. The SMILES string of the molecule is C/C=C(/C)c1ccc(C=O)c(C)c1. The summed E-state index contributed by atoms with van der Waals surface area (Å²) in [6, 6.07) is 5.88. The lowest BCUT2D eigenvalue weighted by Crippen LogP contribution is -1.88. The molecule has 0 saturated carbocycles. The maximum absolute atomic E-state index is 10.6. The van der Waals surface area contributed by atoms with Crippen LogP contribution in [0.15, 0.2) is 24.3 Å². The van der Waals surface area contributed by atoms with E-state index in [2.05, 4.69) is 13.0 Å². The third-order valence-electron chi connectivity index (χ3n) is 2.29. The number of carbonyl (C=O) groups is 1. The van der Waals surface area contributed by atoms with Gasteiger partial charge in [-0.05, 0) is 37.5 Å². The van der Waals surface area contributed by atoms with Gasteiger partial charge in [-0.1, -0.05) is 24.3 Å². The van der Waals surface area contributed by atoms with Crippen LogP contribution in [0, 0.1) is 6.92 Å². The van der Waals surface area contributed by atoms with E-state index < -0.39 is 0 Å². The van der Waals surface area contributed by atoms with Crippen molar-refractivity contribution in [3.05, 3.63) is 41.0 Å². The highest BCUT2D eigenvalue weighted by molar-refractivity contribution is 5.78. The molecular formula is C12H14O. The number of carbonyl (C=O) groups excluding carboxylic acids is 1. The van der Waals surface area contributed by atoms with Crippen LogP contribution < -0.4 is 0 Å². The summed E-state index contributed by atoms with van der Waals surface area (Å²) in [5.74, 6) is 0. The predicted molar refractivity (Wildman–Crippen MR) is 55.9 cm³/mol. The molecule has 0 saturated heterocycles. The summed E-state index contributed by atoms with van der Waals surface area (Å²) in [7, 11) is 0. The lowest BCUT2D eigenvalue weighted by molar-refractivity contribution is 0.112. The van der Waals surface area contributed by atoms with E-state index in [-0.39, 0.29) is 0 Å². The van der Waals surface area contributed by atoms with Crippen LogP contribution in [0.2, 0.25) is 0 Å². The van der Waals surface area contributed by atoms with E-state index >= 15 is 0 Å². The molecule has 1 rings (SSSR count). The summed E-state index contributed by atoms with van der Waals surface area (Å²) in [6.07, 6.45) is 2.96. The van der Waals surface area contributed by atoms with Crippen LogP contribution in [-0.2, 0) is 0 Å². The first-order valence-electron chi connectivity index (χ1n) is 4.38. The highest BCUT2D eigenvalue weighted by Crippen LogP contribution is 2.16. The Hall–Kier alpha value is -1.37. The van der Waals surface area contributed by atoms with Gasteiger partial charge in [0.2, 0.25) is 0 Å². The van der Waals surface area contributed by atoms with E-state index in [9.17, 15) is 4.79 Å². The number of hydrogen-bond acceptors (Lipinski definition) is 1. The monoisotopic (exact) mass is 174 g/mol. The maximum Gasteiger partial charge on any atom is 0.150 e. The number of hydrogen-bond donors (Lipinski definition) is 0. The number of benzene rings is 1. The Morgan fingerprint density at radius 1 is 1.38 bits per heavy atom. The van der Waals surface area contributed by atoms with Crippen molar-refractivity contribution >= 4 is 11.9 Å². The van der Waals surface area contributed by atoms with Gasteiger partial charge in [-0.3, -0.25) is 4.79 Å². The summed E-state index contributed by atoms with van der Waals surface area (Å²) in [5, 5.41) is 0. The Bertz CT molecular complexity index is 348. The molecule has 0 bridgehead atoms. The zero-order chi connectivity index (χ0) is 9.84. The van der Waals surface area contributed by atoms with Gasteiger partial charge in [0.05, 0.1) is 0 Å². The van der Waals surface area contributed by atoms with Crippen molar-refractivity contribution in [2.24, 2.45) is 0 Å². The van der Waals surface area contributed by atoms with Crippen molar-refractivity contribution < 1.29 is 4.79 Å². The van der Waals surface area contributed by atoms with Crippen molar-refractivity contribution in [2.75, 3.05) is 0 Å². The molecule has 1 nitrogen and oxygen atoms in total. The molecule has 0 aliphatic heterocycles. The molecule has 68 valence electrons. The van der Waals surface area contributed by atoms with Gasteiger partial charge in [0.15, 0.2) is 0 Å². The van der Waals surface area contributed by atoms with Gasteiger partial charge < -0.3 is 0 Å². The normalized spacial score (nSPS) is 11.5. The van der Waals surface area contributed by atoms with Crippen LogP contribution in [0.3, 0.4) is 0 Å². The second-order valence-corrected chi connectivity index (χ2v) is 3.16. The van der Waals surface area contributed by atoms with Crippen molar-refractivity contribution in [3.63, 3.8) is 0 Å². The Labute approximate surface area is 79.1 Å². The molecule has 0 unspecified atom stereocenters. The largest absolute Gasteiger partial charge is 0.298 e. The van der Waals surface area contributed by atoms with Gasteiger partial charge in [-0.15, -0.1) is 0 Å². The van der Waals surface area contributed by atoms with Gasteiger partial charge in [-0.2, -0.15) is 0 Å². The lowest BCUT2D eigenvalue weighted by Gasteiger charge is -2.03. The smallest absolute Gasteiger partial charge is 0.150 e. The number of aryl methyl sites for hydroxylation is 1. The summed E-state index contributed by atoms with van der Waals surface area (Å²) < 4.78 is 0. The summed E-state index contributed by atoms with van der Waals surface area (Å²) in [5.41, 5.74) is 4.23. The molecule has 0 heterocycles. The molecule has 1 aromatic rings. The number of rotatable bonds is 2. The van der Waals surface area contributed by atoms with E-state index in [1.54, 1.807) is 0 Å². The standard InChI is InChI=1S/C12H14O/c1-4-9(2)11-5-6-12(8-13)10(3)7-11/h4-8H,1-3H3/b9-4-. The molecule has 0 radical (unpaired) electrons. The van der Waals surface area contributed by atoms with Gasteiger partial charge in [-0.25, -0.2) is 0 Å². The zero-order valence-corrected chi connectivity index (χ0v) is 8.29. The highest BCUT2D eigenvalue weighted by Gasteiger charge is 1.99. The van der Waals surface area contributed by atoms with E-state index in [1.165, 1.54) is 11.1 Å². The van der Waals surface area contributed by atoms with Gasteiger partial charge >= 0.3 is 0 Å². The lowest BCUT2D eigenvalue weighted by atomic mass is 10.0.